The second-order valence-corrected chi connectivity index (χ2v) is 6.42. The maximum Gasteiger partial charge on any atom is 0.0595 e. The molecule has 1 aliphatic carbocycles. The monoisotopic (exact) mass is 299 g/mol. The first kappa shape index (κ1) is 15.2. The van der Waals surface area contributed by atoms with Crippen LogP contribution in [-0.4, -0.2) is 13.1 Å². The smallest absolute Gasteiger partial charge is 0.0595 e. The third-order valence-electron chi connectivity index (χ3n) is 4.13. The Labute approximate surface area is 126 Å². The Morgan fingerprint density at radius 1 is 1.16 bits per heavy atom. The summed E-state index contributed by atoms with van der Waals surface area (Å²) in [6.45, 7) is 4.52. The number of benzene rings is 1. The van der Waals surface area contributed by atoms with Crippen LogP contribution < -0.4 is 5.32 Å². The second kappa shape index (κ2) is 7.52. The lowest BCUT2D eigenvalue weighted by Gasteiger charge is -2.20. The van der Waals surface area contributed by atoms with Crippen LogP contribution in [0.1, 0.15) is 38.2 Å². The van der Waals surface area contributed by atoms with Crippen LogP contribution in [0.5, 0.6) is 0 Å². The summed E-state index contributed by atoms with van der Waals surface area (Å²) >= 11 is 12.1. The fourth-order valence-electron chi connectivity index (χ4n) is 3.08. The van der Waals surface area contributed by atoms with Crippen molar-refractivity contribution in [1.82, 2.24) is 5.32 Å². The summed E-state index contributed by atoms with van der Waals surface area (Å²) in [4.78, 5) is 0. The Bertz CT molecular complexity index is 406. The lowest BCUT2D eigenvalue weighted by atomic mass is 9.89. The van der Waals surface area contributed by atoms with Gasteiger partial charge in [-0.3, -0.25) is 0 Å². The topological polar surface area (TPSA) is 12.0 Å². The highest BCUT2D eigenvalue weighted by Crippen LogP contribution is 2.34. The molecule has 0 aliphatic heterocycles. The summed E-state index contributed by atoms with van der Waals surface area (Å²) in [6.07, 6.45) is 6.42. The molecule has 1 aromatic rings. The highest BCUT2D eigenvalue weighted by Gasteiger charge is 2.26. The van der Waals surface area contributed by atoms with Gasteiger partial charge in [0, 0.05) is 0 Å². The van der Waals surface area contributed by atoms with Crippen molar-refractivity contribution in [3.05, 3.63) is 33.8 Å². The fourth-order valence-corrected chi connectivity index (χ4v) is 3.41. The summed E-state index contributed by atoms with van der Waals surface area (Å²) in [7, 11) is 0. The van der Waals surface area contributed by atoms with Gasteiger partial charge in [0.05, 0.1) is 10.0 Å². The first-order chi connectivity index (χ1) is 9.20. The van der Waals surface area contributed by atoms with Gasteiger partial charge >= 0.3 is 0 Å². The zero-order chi connectivity index (χ0) is 13.7. The Morgan fingerprint density at radius 3 is 2.68 bits per heavy atom. The van der Waals surface area contributed by atoms with Crippen molar-refractivity contribution >= 4 is 23.2 Å². The molecule has 1 N–H and O–H groups in total. The zero-order valence-electron chi connectivity index (χ0n) is 11.6. The largest absolute Gasteiger partial charge is 0.316 e. The maximum atomic E-state index is 6.09. The van der Waals surface area contributed by atoms with E-state index in [4.69, 9.17) is 23.2 Å². The van der Waals surface area contributed by atoms with E-state index >= 15 is 0 Å². The molecule has 1 saturated carbocycles. The van der Waals surface area contributed by atoms with Gasteiger partial charge in [0.2, 0.25) is 0 Å². The molecule has 0 aromatic heterocycles. The molecular formula is C16H23Cl2N. The van der Waals surface area contributed by atoms with Crippen molar-refractivity contribution < 1.29 is 0 Å². The number of hydrogen-bond acceptors (Lipinski definition) is 1. The van der Waals surface area contributed by atoms with Crippen LogP contribution >= 0.6 is 23.2 Å². The quantitative estimate of drug-likeness (QED) is 0.733. The molecule has 0 spiro atoms. The summed E-state index contributed by atoms with van der Waals surface area (Å²) in [5.41, 5.74) is 1.32. The maximum absolute atomic E-state index is 6.09. The summed E-state index contributed by atoms with van der Waals surface area (Å²) in [5.74, 6) is 1.61. The molecule has 1 aliphatic rings. The lowest BCUT2D eigenvalue weighted by Crippen LogP contribution is -2.26. The average Bonchev–Trinajstić information content (AvgIpc) is 2.82. The fraction of sp³-hybridized carbons (Fsp3) is 0.625. The van der Waals surface area contributed by atoms with Crippen molar-refractivity contribution in [1.29, 1.82) is 0 Å². The normalized spacial score (nSPS) is 22.9. The number of halogens is 2. The van der Waals surface area contributed by atoms with Crippen LogP contribution in [-0.2, 0) is 6.42 Å². The third-order valence-corrected chi connectivity index (χ3v) is 4.87. The van der Waals surface area contributed by atoms with Crippen molar-refractivity contribution in [2.24, 2.45) is 11.8 Å². The van der Waals surface area contributed by atoms with Crippen molar-refractivity contribution in [2.45, 2.75) is 39.0 Å². The molecule has 19 heavy (non-hydrogen) atoms. The molecule has 1 fully saturated rings. The van der Waals surface area contributed by atoms with Gasteiger partial charge < -0.3 is 5.32 Å². The lowest BCUT2D eigenvalue weighted by molar-refractivity contribution is 0.365. The van der Waals surface area contributed by atoms with Crippen molar-refractivity contribution in [2.75, 3.05) is 13.1 Å². The van der Waals surface area contributed by atoms with Gasteiger partial charge in [0.1, 0.15) is 0 Å². The second-order valence-electron chi connectivity index (χ2n) is 5.61. The van der Waals surface area contributed by atoms with E-state index in [0.717, 1.165) is 24.8 Å². The Morgan fingerprint density at radius 2 is 1.95 bits per heavy atom. The molecule has 2 unspecified atom stereocenters. The van der Waals surface area contributed by atoms with Crippen LogP contribution in [0.2, 0.25) is 10.0 Å². The standard InChI is InChI=1S/C16H23Cl2N/c1-2-8-19-11-14-5-3-4-13(14)9-12-6-7-15(17)16(18)10-12/h6-7,10,13-14,19H,2-5,8-9,11H2,1H3. The predicted octanol–water partition coefficient (Wildman–Crippen LogP) is 4.95. The van der Waals surface area contributed by atoms with E-state index in [1.54, 1.807) is 0 Å². The highest BCUT2D eigenvalue weighted by molar-refractivity contribution is 6.42. The molecule has 2 rings (SSSR count). The minimum absolute atomic E-state index is 0.651. The van der Waals surface area contributed by atoms with Gasteiger partial charge in [-0.2, -0.15) is 0 Å². The van der Waals surface area contributed by atoms with Gasteiger partial charge in [-0.05, 0) is 68.3 Å². The Balaban J connectivity index is 1.91. The van der Waals surface area contributed by atoms with E-state index in [9.17, 15) is 0 Å². The molecular weight excluding hydrogens is 277 g/mol. The summed E-state index contributed by atoms with van der Waals surface area (Å²) in [6, 6.07) is 6.06. The van der Waals surface area contributed by atoms with Crippen molar-refractivity contribution in [3.8, 4) is 0 Å². The molecule has 0 radical (unpaired) electrons. The van der Waals surface area contributed by atoms with E-state index in [-0.39, 0.29) is 0 Å². The molecule has 0 amide bonds. The molecule has 2 atom stereocenters. The van der Waals surface area contributed by atoms with E-state index < -0.39 is 0 Å². The van der Waals surface area contributed by atoms with E-state index in [2.05, 4.69) is 18.3 Å². The van der Waals surface area contributed by atoms with E-state index in [1.807, 2.05) is 12.1 Å². The first-order valence-corrected chi connectivity index (χ1v) is 8.11. The minimum Gasteiger partial charge on any atom is -0.316 e. The Hall–Kier alpha value is -0.240. The van der Waals surface area contributed by atoms with Crippen molar-refractivity contribution in [3.63, 3.8) is 0 Å². The van der Waals surface area contributed by atoms with Crippen LogP contribution in [0.4, 0.5) is 0 Å². The molecule has 0 bridgehead atoms. The number of nitrogens with one attached hydrogen (secondary N) is 1. The number of hydrogen-bond donors (Lipinski definition) is 1. The van der Waals surface area contributed by atoms with E-state index in [0.29, 0.717) is 10.0 Å². The molecule has 1 nitrogen and oxygen atoms in total. The molecule has 1 aromatic carbocycles. The van der Waals surface area contributed by atoms with Crippen LogP contribution in [0.3, 0.4) is 0 Å². The SMILES string of the molecule is CCCNCC1CCCC1Cc1ccc(Cl)c(Cl)c1. The van der Waals surface area contributed by atoms with Crippen LogP contribution in [0, 0.1) is 11.8 Å². The first-order valence-electron chi connectivity index (χ1n) is 7.35. The molecule has 0 heterocycles. The van der Waals surface area contributed by atoms with Crippen LogP contribution in [0.25, 0.3) is 0 Å². The Kier molecular flexibility index (Phi) is 6.00. The predicted molar refractivity (Wildman–Crippen MR) is 84.2 cm³/mol. The minimum atomic E-state index is 0.651. The van der Waals surface area contributed by atoms with E-state index in [1.165, 1.54) is 37.8 Å². The zero-order valence-corrected chi connectivity index (χ0v) is 13.1. The number of rotatable bonds is 6. The molecule has 3 heteroatoms. The third kappa shape index (κ3) is 4.37. The summed E-state index contributed by atoms with van der Waals surface area (Å²) < 4.78 is 0. The highest BCUT2D eigenvalue weighted by atomic mass is 35.5. The van der Waals surface area contributed by atoms with Gasteiger partial charge in [-0.1, -0.05) is 42.6 Å². The molecule has 0 saturated heterocycles. The molecule has 106 valence electrons. The van der Waals surface area contributed by atoms with Gasteiger partial charge in [0.15, 0.2) is 0 Å². The average molecular weight is 300 g/mol. The van der Waals surface area contributed by atoms with Crippen LogP contribution in [0.15, 0.2) is 18.2 Å². The summed E-state index contributed by atoms with van der Waals surface area (Å²) in [5, 5.41) is 4.90. The van der Waals surface area contributed by atoms with Gasteiger partial charge in [-0.15, -0.1) is 0 Å². The van der Waals surface area contributed by atoms with Gasteiger partial charge in [0.25, 0.3) is 0 Å². The van der Waals surface area contributed by atoms with Gasteiger partial charge in [-0.25, -0.2) is 0 Å².